The van der Waals surface area contributed by atoms with E-state index < -0.39 is 23.5 Å². The van der Waals surface area contributed by atoms with E-state index in [1.807, 2.05) is 19.1 Å². The molecule has 0 fully saturated rings. The molecule has 0 aliphatic heterocycles. The molecule has 2 N–H and O–H groups in total. The molecule has 0 aliphatic carbocycles. The monoisotopic (exact) mass is 402 g/mol. The second-order valence-corrected chi connectivity index (χ2v) is 6.32. The number of benzene rings is 2. The van der Waals surface area contributed by atoms with E-state index in [-0.39, 0.29) is 22.5 Å². The van der Waals surface area contributed by atoms with Gasteiger partial charge in [-0.25, -0.2) is 24.0 Å². The number of aryl methyl sites for hydroxylation is 1. The van der Waals surface area contributed by atoms with Gasteiger partial charge < -0.3 is 14.6 Å². The summed E-state index contributed by atoms with van der Waals surface area (Å²) in [6.07, 6.45) is 0. The average Bonchev–Trinajstić information content (AvgIpc) is 3.28. The summed E-state index contributed by atoms with van der Waals surface area (Å²) in [5.74, 6) is -2.77. The largest absolute Gasteiger partial charge is 0.445 e. The molecule has 30 heavy (non-hydrogen) atoms. The van der Waals surface area contributed by atoms with E-state index >= 15 is 0 Å². The van der Waals surface area contributed by atoms with Gasteiger partial charge in [0, 0.05) is 5.69 Å². The number of nitrogens with one attached hydrogen (secondary N) is 2. The van der Waals surface area contributed by atoms with Gasteiger partial charge in [0.2, 0.25) is 11.8 Å². The van der Waals surface area contributed by atoms with Crippen molar-refractivity contribution in [2.45, 2.75) is 6.92 Å². The minimum absolute atomic E-state index is 0.0899. The Kier molecular flexibility index (Phi) is 4.66. The van der Waals surface area contributed by atoms with Crippen molar-refractivity contribution in [2.24, 2.45) is 0 Å². The second-order valence-electron chi connectivity index (χ2n) is 6.32. The molecule has 0 atom stereocenters. The molecular weight excluding hydrogens is 388 g/mol. The van der Waals surface area contributed by atoms with Crippen LogP contribution in [0.2, 0.25) is 0 Å². The molecule has 0 unspecified atom stereocenters. The zero-order valence-corrected chi connectivity index (χ0v) is 15.6. The van der Waals surface area contributed by atoms with Crippen molar-refractivity contribution in [3.8, 4) is 5.88 Å². The number of amides is 1. The van der Waals surface area contributed by atoms with E-state index in [9.17, 15) is 14.4 Å². The number of aromatic amines is 1. The third kappa shape index (κ3) is 3.12. The second kappa shape index (κ2) is 7.44. The van der Waals surface area contributed by atoms with E-state index in [0.717, 1.165) is 9.96 Å². The molecule has 9 heteroatoms. The molecule has 9 nitrogen and oxygen atoms in total. The maximum absolute atomic E-state index is 13.0. The third-order valence-electron chi connectivity index (χ3n) is 4.45. The first-order valence-corrected chi connectivity index (χ1v) is 8.78. The van der Waals surface area contributed by atoms with Crippen LogP contribution in [0.5, 0.6) is 5.88 Å². The Morgan fingerprint density at radius 2 is 1.83 bits per heavy atom. The zero-order chi connectivity index (χ0) is 21.3. The normalized spacial score (nSPS) is 10.5. The van der Waals surface area contributed by atoms with Crippen LogP contribution < -0.4 is 15.8 Å². The number of carbonyl (C=O) groups is 2. The average molecular weight is 402 g/mol. The number of para-hydroxylation sites is 1. The molecule has 0 bridgehead atoms. The molecule has 148 valence electrons. The summed E-state index contributed by atoms with van der Waals surface area (Å²) in [4.78, 5) is 41.0. The Labute approximate surface area is 169 Å². The van der Waals surface area contributed by atoms with Crippen molar-refractivity contribution in [1.82, 2.24) is 9.56 Å². The van der Waals surface area contributed by atoms with E-state index in [0.29, 0.717) is 5.69 Å². The van der Waals surface area contributed by atoms with Gasteiger partial charge in [0.15, 0.2) is 5.65 Å². The van der Waals surface area contributed by atoms with Gasteiger partial charge in [0.25, 0.3) is 5.69 Å². The van der Waals surface area contributed by atoms with Crippen LogP contribution >= 0.6 is 0 Å². The number of ether oxygens (including phenoxy) is 1. The third-order valence-corrected chi connectivity index (χ3v) is 4.45. The molecular formula is C21H14N4O5. The van der Waals surface area contributed by atoms with Crippen LogP contribution in [-0.2, 0) is 0 Å². The van der Waals surface area contributed by atoms with Gasteiger partial charge in [-0.15, -0.1) is 0 Å². The zero-order valence-electron chi connectivity index (χ0n) is 15.6. The Morgan fingerprint density at radius 3 is 2.53 bits per heavy atom. The van der Waals surface area contributed by atoms with Crippen molar-refractivity contribution in [3.05, 3.63) is 93.3 Å². The number of nitrogens with zero attached hydrogens (tertiary/aromatic N) is 2. The Hall–Kier alpha value is -4.58. The van der Waals surface area contributed by atoms with Gasteiger partial charge in [-0.3, -0.25) is 4.79 Å². The summed E-state index contributed by atoms with van der Waals surface area (Å²) < 4.78 is 10.9. The maximum atomic E-state index is 13.0. The van der Waals surface area contributed by atoms with Gasteiger partial charge in [-0.2, -0.15) is 0 Å². The predicted octanol–water partition coefficient (Wildman–Crippen LogP) is 3.55. The molecule has 2 aromatic carbocycles. The Bertz CT molecular complexity index is 1370. The molecule has 4 aromatic rings. The van der Waals surface area contributed by atoms with Gasteiger partial charge in [0.05, 0.1) is 17.7 Å². The van der Waals surface area contributed by atoms with Crippen LogP contribution in [0.3, 0.4) is 0 Å². The first-order chi connectivity index (χ1) is 14.5. The number of carbonyl (C=O) groups excluding carboxylic acids is 2. The minimum atomic E-state index is -0.930. The highest BCUT2D eigenvalue weighted by molar-refractivity contribution is 6.14. The van der Waals surface area contributed by atoms with Crippen molar-refractivity contribution >= 4 is 28.9 Å². The number of rotatable bonds is 4. The minimum Gasteiger partial charge on any atom is -0.416 e. The summed E-state index contributed by atoms with van der Waals surface area (Å²) >= 11 is 0. The molecule has 0 saturated carbocycles. The smallest absolute Gasteiger partial charge is 0.416 e. The van der Waals surface area contributed by atoms with Crippen molar-refractivity contribution in [1.29, 1.82) is 0 Å². The quantitative estimate of drug-likeness (QED) is 0.401. The fourth-order valence-corrected chi connectivity index (χ4v) is 2.98. The van der Waals surface area contributed by atoms with Crippen LogP contribution in [-0.4, -0.2) is 21.4 Å². The van der Waals surface area contributed by atoms with Crippen LogP contribution in [0.15, 0.2) is 63.9 Å². The van der Waals surface area contributed by atoms with Crippen molar-refractivity contribution < 1.29 is 18.8 Å². The number of hydrogen-bond acceptors (Lipinski definition) is 5. The van der Waals surface area contributed by atoms with Crippen LogP contribution in [0.25, 0.3) is 10.5 Å². The SMILES string of the molecule is [C-]#[N+]c1c(C(=O)Nc2ccccc2C)c2[nH]oc(=O)n2c1OC(=O)c1ccccc1. The van der Waals surface area contributed by atoms with Gasteiger partial charge in [0.1, 0.15) is 0 Å². The molecule has 2 heterocycles. The first-order valence-electron chi connectivity index (χ1n) is 8.78. The molecule has 1 amide bonds. The van der Waals surface area contributed by atoms with Crippen LogP contribution in [0.4, 0.5) is 11.4 Å². The molecule has 0 aliphatic rings. The number of esters is 1. The molecule has 0 spiro atoms. The maximum Gasteiger partial charge on any atom is 0.445 e. The Balaban J connectivity index is 1.81. The summed E-state index contributed by atoms with van der Waals surface area (Å²) in [6, 6.07) is 15.1. The lowest BCUT2D eigenvalue weighted by Crippen LogP contribution is -2.13. The Morgan fingerprint density at radius 1 is 1.13 bits per heavy atom. The summed E-state index contributed by atoms with van der Waals surface area (Å²) in [5.41, 5.74) is 1.01. The number of fused-ring (bicyclic) bond motifs is 1. The lowest BCUT2D eigenvalue weighted by molar-refractivity contribution is 0.0726. The van der Waals surface area contributed by atoms with Crippen molar-refractivity contribution in [3.63, 3.8) is 0 Å². The summed E-state index contributed by atoms with van der Waals surface area (Å²) in [7, 11) is 0. The number of anilines is 1. The number of H-pyrrole nitrogens is 1. The lowest BCUT2D eigenvalue weighted by Gasteiger charge is -2.07. The highest BCUT2D eigenvalue weighted by Crippen LogP contribution is 2.37. The van der Waals surface area contributed by atoms with E-state index in [1.165, 1.54) is 12.1 Å². The number of hydrogen-bond donors (Lipinski definition) is 2. The lowest BCUT2D eigenvalue weighted by atomic mass is 10.2. The van der Waals surface area contributed by atoms with E-state index in [2.05, 4.69) is 15.3 Å². The fraction of sp³-hybridized carbons (Fsp3) is 0.0476. The highest BCUT2D eigenvalue weighted by atomic mass is 16.6. The molecule has 0 saturated heterocycles. The summed E-state index contributed by atoms with van der Waals surface area (Å²) in [6.45, 7) is 9.34. The van der Waals surface area contributed by atoms with Gasteiger partial charge in [-0.05, 0) is 30.7 Å². The standard InChI is InChI=1S/C21H14N4O5/c1-12-8-6-7-11-14(12)23-18(26)15-16(22-2)19(25-17(15)24-30-21(25)28)29-20(27)13-9-4-3-5-10-13/h3-11,24H,1H3,(H,23,26). The summed E-state index contributed by atoms with van der Waals surface area (Å²) in [5, 5.41) is 5.03. The van der Waals surface area contributed by atoms with E-state index in [1.54, 1.807) is 30.3 Å². The topological polar surface area (TPSA) is 110 Å². The van der Waals surface area contributed by atoms with Gasteiger partial charge >= 0.3 is 11.7 Å². The van der Waals surface area contributed by atoms with Crippen molar-refractivity contribution in [2.75, 3.05) is 5.32 Å². The highest BCUT2D eigenvalue weighted by Gasteiger charge is 2.30. The molecule has 2 aromatic heterocycles. The van der Waals surface area contributed by atoms with E-state index in [4.69, 9.17) is 15.8 Å². The first kappa shape index (κ1) is 18.8. The fourth-order valence-electron chi connectivity index (χ4n) is 2.98. The van der Waals surface area contributed by atoms with Crippen LogP contribution in [0, 0.1) is 13.5 Å². The van der Waals surface area contributed by atoms with Gasteiger partial charge in [-0.1, -0.05) is 36.4 Å². The molecule has 4 rings (SSSR count). The predicted molar refractivity (Wildman–Crippen MR) is 107 cm³/mol. The molecule has 0 radical (unpaired) electrons. The number of aromatic nitrogens is 2. The van der Waals surface area contributed by atoms with Crippen LogP contribution in [0.1, 0.15) is 26.3 Å².